The Morgan fingerprint density at radius 1 is 1.35 bits per heavy atom. The molecule has 0 aromatic heterocycles. The lowest BCUT2D eigenvalue weighted by Gasteiger charge is -2.23. The summed E-state index contributed by atoms with van der Waals surface area (Å²) < 4.78 is 0. The van der Waals surface area contributed by atoms with Gasteiger partial charge in [0.2, 0.25) is 0 Å². The number of amides is 2. The first-order valence-corrected chi connectivity index (χ1v) is 7.57. The molecule has 0 radical (unpaired) electrons. The van der Waals surface area contributed by atoms with E-state index in [1.807, 2.05) is 6.92 Å². The number of hydrogen-bond acceptors (Lipinski definition) is 3. The number of carbonyl (C=O) groups excluding carboxylic acids is 1. The molecule has 0 aromatic carbocycles. The van der Waals surface area contributed by atoms with Crippen molar-refractivity contribution in [3.63, 3.8) is 0 Å². The third-order valence-corrected chi connectivity index (χ3v) is 4.41. The van der Waals surface area contributed by atoms with Crippen LogP contribution in [0.15, 0.2) is 0 Å². The second kappa shape index (κ2) is 6.43. The molecule has 1 aliphatic heterocycles. The molecule has 2 amide bonds. The average molecular weight is 283 g/mol. The van der Waals surface area contributed by atoms with Crippen LogP contribution in [0.3, 0.4) is 0 Å². The van der Waals surface area contributed by atoms with Gasteiger partial charge in [-0.05, 0) is 38.6 Å². The maximum atomic E-state index is 12.0. The minimum atomic E-state index is -0.788. The first-order valence-electron chi connectivity index (χ1n) is 7.57. The maximum Gasteiger partial charge on any atom is 0.317 e. The van der Waals surface area contributed by atoms with E-state index in [1.54, 1.807) is 4.90 Å². The number of likely N-dealkylation sites (tertiary alicyclic amines) is 1. The smallest absolute Gasteiger partial charge is 0.317 e. The fourth-order valence-electron chi connectivity index (χ4n) is 2.65. The molecule has 114 valence electrons. The zero-order valence-corrected chi connectivity index (χ0v) is 12.2. The Bertz CT molecular complexity index is 371. The molecule has 1 unspecified atom stereocenters. The van der Waals surface area contributed by atoms with Gasteiger partial charge < -0.3 is 20.6 Å². The molecule has 6 nitrogen and oxygen atoms in total. The first-order chi connectivity index (χ1) is 9.57. The van der Waals surface area contributed by atoms with E-state index in [-0.39, 0.29) is 6.03 Å². The van der Waals surface area contributed by atoms with Gasteiger partial charge in [-0.15, -0.1) is 0 Å². The van der Waals surface area contributed by atoms with Gasteiger partial charge in [0.25, 0.3) is 0 Å². The Morgan fingerprint density at radius 3 is 2.65 bits per heavy atom. The highest BCUT2D eigenvalue weighted by molar-refractivity contribution is 5.79. The van der Waals surface area contributed by atoms with Gasteiger partial charge in [0.15, 0.2) is 0 Å². The number of nitrogens with one attached hydrogen (secondary N) is 2. The predicted molar refractivity (Wildman–Crippen MR) is 75.6 cm³/mol. The number of carboxylic acids is 1. The molecule has 2 aliphatic rings. The van der Waals surface area contributed by atoms with Crippen LogP contribution in [0.25, 0.3) is 0 Å². The molecule has 3 N–H and O–H groups in total. The summed E-state index contributed by atoms with van der Waals surface area (Å²) in [6, 6.07) is 0.568. The quantitative estimate of drug-likeness (QED) is 0.609. The van der Waals surface area contributed by atoms with Crippen LogP contribution in [0.2, 0.25) is 0 Å². The van der Waals surface area contributed by atoms with Gasteiger partial charge in [-0.25, -0.2) is 4.79 Å². The highest BCUT2D eigenvalue weighted by atomic mass is 16.4. The first kappa shape index (κ1) is 15.1. The van der Waals surface area contributed by atoms with E-state index in [9.17, 15) is 14.7 Å². The van der Waals surface area contributed by atoms with E-state index in [2.05, 4.69) is 10.6 Å². The zero-order valence-electron chi connectivity index (χ0n) is 12.2. The van der Waals surface area contributed by atoms with Gasteiger partial charge in [0.1, 0.15) is 0 Å². The van der Waals surface area contributed by atoms with Crippen molar-refractivity contribution >= 4 is 12.0 Å². The molecule has 1 saturated carbocycles. The summed E-state index contributed by atoms with van der Waals surface area (Å²) in [4.78, 5) is 24.9. The van der Waals surface area contributed by atoms with Crippen molar-refractivity contribution in [2.24, 2.45) is 5.41 Å². The molecule has 20 heavy (non-hydrogen) atoms. The fourth-order valence-corrected chi connectivity index (χ4v) is 2.65. The zero-order chi connectivity index (χ0) is 14.6. The summed E-state index contributed by atoms with van der Waals surface area (Å²) in [7, 11) is 0. The van der Waals surface area contributed by atoms with Crippen LogP contribution < -0.4 is 10.6 Å². The van der Waals surface area contributed by atoms with Gasteiger partial charge in [0, 0.05) is 25.7 Å². The number of urea groups is 1. The highest BCUT2D eigenvalue weighted by Crippen LogP contribution is 2.34. The highest BCUT2D eigenvalue weighted by Gasteiger charge is 2.44. The van der Waals surface area contributed by atoms with E-state index in [4.69, 9.17) is 0 Å². The van der Waals surface area contributed by atoms with Crippen molar-refractivity contribution in [1.82, 2.24) is 15.5 Å². The number of nitrogens with zero attached hydrogens (tertiary/aromatic N) is 1. The number of carbonyl (C=O) groups is 2. The molecular formula is C14H25N3O3. The molecule has 0 spiro atoms. The molecule has 2 fully saturated rings. The van der Waals surface area contributed by atoms with Crippen LogP contribution in [0, 0.1) is 5.41 Å². The summed E-state index contributed by atoms with van der Waals surface area (Å²) in [5, 5.41) is 15.6. The van der Waals surface area contributed by atoms with Crippen molar-refractivity contribution in [2.75, 3.05) is 26.2 Å². The van der Waals surface area contributed by atoms with E-state index in [1.165, 1.54) is 12.8 Å². The third kappa shape index (κ3) is 3.62. The van der Waals surface area contributed by atoms with Gasteiger partial charge in [-0.2, -0.15) is 0 Å². The van der Waals surface area contributed by atoms with E-state index in [0.717, 1.165) is 13.0 Å². The lowest BCUT2D eigenvalue weighted by molar-refractivity contribution is -0.148. The second-order valence-electron chi connectivity index (χ2n) is 5.92. The van der Waals surface area contributed by atoms with E-state index < -0.39 is 11.4 Å². The van der Waals surface area contributed by atoms with Crippen molar-refractivity contribution in [3.8, 4) is 0 Å². The largest absolute Gasteiger partial charge is 0.481 e. The molecule has 0 bridgehead atoms. The monoisotopic (exact) mass is 283 g/mol. The number of hydrogen-bond donors (Lipinski definition) is 3. The Kier molecular flexibility index (Phi) is 4.86. The molecule has 1 aliphatic carbocycles. The van der Waals surface area contributed by atoms with Crippen LogP contribution in [0.5, 0.6) is 0 Å². The summed E-state index contributed by atoms with van der Waals surface area (Å²) >= 11 is 0. The van der Waals surface area contributed by atoms with Gasteiger partial charge in [-0.3, -0.25) is 4.79 Å². The van der Waals surface area contributed by atoms with Crippen LogP contribution >= 0.6 is 0 Å². The van der Waals surface area contributed by atoms with Crippen molar-refractivity contribution in [1.29, 1.82) is 0 Å². The summed E-state index contributed by atoms with van der Waals surface area (Å²) in [6.45, 7) is 4.30. The van der Waals surface area contributed by atoms with Gasteiger partial charge in [0.05, 0.1) is 5.41 Å². The average Bonchev–Trinajstić information content (AvgIpc) is 3.14. The Balaban J connectivity index is 1.66. The third-order valence-electron chi connectivity index (χ3n) is 4.41. The summed E-state index contributed by atoms with van der Waals surface area (Å²) in [6.07, 6.45) is 4.57. The minimum absolute atomic E-state index is 0.131. The van der Waals surface area contributed by atoms with Crippen LogP contribution in [-0.2, 0) is 4.79 Å². The lowest BCUT2D eigenvalue weighted by atomic mass is 9.84. The Labute approximate surface area is 119 Å². The summed E-state index contributed by atoms with van der Waals surface area (Å²) in [5.74, 6) is -0.788. The lowest BCUT2D eigenvalue weighted by Crippen LogP contribution is -2.42. The number of rotatable bonds is 7. The fraction of sp³-hybridized carbons (Fsp3) is 0.857. The molecule has 6 heteroatoms. The predicted octanol–water partition coefficient (Wildman–Crippen LogP) is 1.02. The molecule has 1 saturated heterocycles. The van der Waals surface area contributed by atoms with Crippen LogP contribution in [0.4, 0.5) is 4.79 Å². The SMILES string of the molecule is CCC1(C(=O)O)CCN(C(=O)NCCCNC2CC2)C1. The van der Waals surface area contributed by atoms with Gasteiger partial charge in [-0.1, -0.05) is 6.92 Å². The van der Waals surface area contributed by atoms with Crippen molar-refractivity contribution in [2.45, 2.75) is 45.1 Å². The normalized spacial score (nSPS) is 25.8. The number of carboxylic acid groups (broad SMARTS) is 1. The van der Waals surface area contributed by atoms with E-state index in [0.29, 0.717) is 38.5 Å². The second-order valence-corrected chi connectivity index (χ2v) is 5.92. The minimum Gasteiger partial charge on any atom is -0.481 e. The molecule has 1 atom stereocenters. The molecule has 2 rings (SSSR count). The number of aliphatic carboxylic acids is 1. The van der Waals surface area contributed by atoms with Crippen LogP contribution in [0.1, 0.15) is 39.0 Å². The topological polar surface area (TPSA) is 81.7 Å². The van der Waals surface area contributed by atoms with Crippen LogP contribution in [-0.4, -0.2) is 54.2 Å². The maximum absolute atomic E-state index is 12.0. The van der Waals surface area contributed by atoms with Gasteiger partial charge >= 0.3 is 12.0 Å². The molecule has 0 aromatic rings. The molecular weight excluding hydrogens is 258 g/mol. The molecule has 1 heterocycles. The summed E-state index contributed by atoms with van der Waals surface area (Å²) in [5.41, 5.74) is -0.745. The van der Waals surface area contributed by atoms with Crippen molar-refractivity contribution in [3.05, 3.63) is 0 Å². The van der Waals surface area contributed by atoms with E-state index >= 15 is 0 Å². The van der Waals surface area contributed by atoms with Crippen molar-refractivity contribution < 1.29 is 14.7 Å². The standard InChI is InChI=1S/C14H25N3O3/c1-2-14(12(18)19)6-9-17(10-14)13(20)16-8-3-7-15-11-4-5-11/h11,15H,2-10H2,1H3,(H,16,20)(H,18,19). The Hall–Kier alpha value is -1.30. The Morgan fingerprint density at radius 2 is 2.10 bits per heavy atom.